The van der Waals surface area contributed by atoms with Gasteiger partial charge in [-0.25, -0.2) is 9.97 Å². The lowest BCUT2D eigenvalue weighted by Gasteiger charge is -2.13. The van der Waals surface area contributed by atoms with E-state index < -0.39 is 0 Å². The highest BCUT2D eigenvalue weighted by molar-refractivity contribution is 7.99. The summed E-state index contributed by atoms with van der Waals surface area (Å²) < 4.78 is 2.31. The zero-order valence-corrected chi connectivity index (χ0v) is 17.7. The van der Waals surface area contributed by atoms with Crippen molar-refractivity contribution in [3.63, 3.8) is 0 Å². The number of nitrogens with zero attached hydrogens (tertiary/aromatic N) is 3. The predicted molar refractivity (Wildman–Crippen MR) is 121 cm³/mol. The van der Waals surface area contributed by atoms with Crippen LogP contribution in [0.3, 0.4) is 0 Å². The van der Waals surface area contributed by atoms with E-state index in [2.05, 4.69) is 46.6 Å². The van der Waals surface area contributed by atoms with Crippen molar-refractivity contribution < 1.29 is 0 Å². The maximum Gasteiger partial charge on any atom is 0.258 e. The first-order valence-electron chi connectivity index (χ1n) is 10.3. The van der Waals surface area contributed by atoms with Crippen molar-refractivity contribution >= 4 is 33.7 Å². The van der Waals surface area contributed by atoms with Gasteiger partial charge in [0.1, 0.15) is 5.82 Å². The monoisotopic (exact) mass is 406 g/mol. The van der Waals surface area contributed by atoms with Gasteiger partial charge < -0.3 is 9.55 Å². The standard InChI is InChI=1S/C23H26N4OS/c1-3-4-5-10-15-27-20-14-9-8-13-19(20)25-23(27)29-16(2)21-24-18-12-7-6-11-17(18)22(28)26-21/h6-9,11-14,16H,3-5,10,15H2,1-2H3,(H,24,26,28)/t16-/m0/s1. The molecule has 2 aromatic heterocycles. The van der Waals surface area contributed by atoms with Crippen molar-refractivity contribution in [2.24, 2.45) is 0 Å². The molecule has 4 rings (SSSR count). The van der Waals surface area contributed by atoms with Gasteiger partial charge in [-0.2, -0.15) is 0 Å². The molecule has 0 saturated carbocycles. The summed E-state index contributed by atoms with van der Waals surface area (Å²) in [6, 6.07) is 15.7. The highest BCUT2D eigenvalue weighted by Crippen LogP contribution is 2.34. The van der Waals surface area contributed by atoms with Crippen molar-refractivity contribution in [1.29, 1.82) is 0 Å². The molecule has 0 aliphatic heterocycles. The van der Waals surface area contributed by atoms with Crippen LogP contribution in [-0.2, 0) is 6.54 Å². The summed E-state index contributed by atoms with van der Waals surface area (Å²) in [7, 11) is 0. The van der Waals surface area contributed by atoms with E-state index >= 15 is 0 Å². The van der Waals surface area contributed by atoms with E-state index in [0.29, 0.717) is 11.2 Å². The Morgan fingerprint density at radius 3 is 2.59 bits per heavy atom. The molecule has 1 atom stereocenters. The lowest BCUT2D eigenvalue weighted by molar-refractivity contribution is 0.563. The van der Waals surface area contributed by atoms with Crippen LogP contribution in [0.5, 0.6) is 0 Å². The molecule has 2 heterocycles. The molecule has 1 N–H and O–H groups in total. The minimum Gasteiger partial charge on any atom is -0.319 e. The molecule has 0 bridgehead atoms. The lowest BCUT2D eigenvalue weighted by atomic mass is 10.2. The molecule has 0 aliphatic rings. The Bertz CT molecular complexity index is 1180. The average Bonchev–Trinajstić information content (AvgIpc) is 3.08. The Morgan fingerprint density at radius 1 is 1.00 bits per heavy atom. The minimum atomic E-state index is -0.0916. The Kier molecular flexibility index (Phi) is 6.00. The van der Waals surface area contributed by atoms with Crippen LogP contribution >= 0.6 is 11.8 Å². The lowest BCUT2D eigenvalue weighted by Crippen LogP contribution is -2.13. The van der Waals surface area contributed by atoms with E-state index in [0.717, 1.165) is 29.2 Å². The van der Waals surface area contributed by atoms with E-state index in [-0.39, 0.29) is 10.8 Å². The second-order valence-corrected chi connectivity index (χ2v) is 8.63. The van der Waals surface area contributed by atoms with Crippen LogP contribution in [0.1, 0.15) is 50.6 Å². The zero-order chi connectivity index (χ0) is 20.2. The third kappa shape index (κ3) is 4.22. The van der Waals surface area contributed by atoms with E-state index in [4.69, 9.17) is 4.98 Å². The van der Waals surface area contributed by atoms with Gasteiger partial charge in [-0.15, -0.1) is 0 Å². The molecule has 6 heteroatoms. The van der Waals surface area contributed by atoms with Crippen LogP contribution in [0.4, 0.5) is 0 Å². The molecule has 0 fully saturated rings. The number of benzene rings is 2. The summed E-state index contributed by atoms with van der Waals surface area (Å²) in [5.41, 5.74) is 2.81. The van der Waals surface area contributed by atoms with Gasteiger partial charge >= 0.3 is 0 Å². The Hall–Kier alpha value is -2.60. The molecule has 0 unspecified atom stereocenters. The van der Waals surface area contributed by atoms with E-state index in [9.17, 15) is 4.79 Å². The van der Waals surface area contributed by atoms with E-state index in [1.165, 1.54) is 24.8 Å². The molecule has 0 amide bonds. The largest absolute Gasteiger partial charge is 0.319 e. The molecule has 4 aromatic rings. The number of para-hydroxylation sites is 3. The van der Waals surface area contributed by atoms with Gasteiger partial charge in [-0.3, -0.25) is 4.79 Å². The fourth-order valence-electron chi connectivity index (χ4n) is 3.57. The summed E-state index contributed by atoms with van der Waals surface area (Å²) in [6.45, 7) is 5.25. The molecule has 29 heavy (non-hydrogen) atoms. The van der Waals surface area contributed by atoms with E-state index in [1.54, 1.807) is 17.8 Å². The summed E-state index contributed by atoms with van der Waals surface area (Å²) in [5, 5.41) is 1.58. The Morgan fingerprint density at radius 2 is 1.76 bits per heavy atom. The third-order valence-corrected chi connectivity index (χ3v) is 6.25. The molecular formula is C23H26N4OS. The number of hydrogen-bond donors (Lipinski definition) is 1. The summed E-state index contributed by atoms with van der Waals surface area (Å²) in [4.78, 5) is 25.0. The maximum absolute atomic E-state index is 12.4. The number of nitrogens with one attached hydrogen (secondary N) is 1. The first-order valence-corrected chi connectivity index (χ1v) is 11.2. The number of aromatic nitrogens is 4. The van der Waals surface area contributed by atoms with Crippen molar-refractivity contribution in [1.82, 2.24) is 19.5 Å². The topological polar surface area (TPSA) is 63.6 Å². The zero-order valence-electron chi connectivity index (χ0n) is 16.9. The van der Waals surface area contributed by atoms with Gasteiger partial charge in [0.25, 0.3) is 5.56 Å². The molecular weight excluding hydrogens is 380 g/mol. The Labute approximate surface area is 174 Å². The number of aromatic amines is 1. The SMILES string of the molecule is CCCCCCn1c(S[C@@H](C)c2nc3ccccc3c(=O)[nH]2)nc2ccccc21. The van der Waals surface area contributed by atoms with Crippen LogP contribution in [0.2, 0.25) is 0 Å². The molecule has 2 aromatic carbocycles. The molecule has 0 spiro atoms. The molecule has 5 nitrogen and oxygen atoms in total. The number of H-pyrrole nitrogens is 1. The number of hydrogen-bond acceptors (Lipinski definition) is 4. The van der Waals surface area contributed by atoms with Gasteiger partial charge in [0.15, 0.2) is 5.16 Å². The van der Waals surface area contributed by atoms with Crippen LogP contribution < -0.4 is 5.56 Å². The Balaban J connectivity index is 1.64. The van der Waals surface area contributed by atoms with Crippen molar-refractivity contribution in [3.05, 3.63) is 64.7 Å². The maximum atomic E-state index is 12.4. The molecule has 0 radical (unpaired) electrons. The second-order valence-electron chi connectivity index (χ2n) is 7.32. The first kappa shape index (κ1) is 19.7. The fraction of sp³-hybridized carbons (Fsp3) is 0.348. The number of fused-ring (bicyclic) bond motifs is 2. The van der Waals surface area contributed by atoms with Crippen molar-refractivity contribution in [3.8, 4) is 0 Å². The highest BCUT2D eigenvalue weighted by Gasteiger charge is 2.18. The third-order valence-electron chi connectivity index (χ3n) is 5.15. The predicted octanol–water partition coefficient (Wildman–Crippen LogP) is 5.71. The molecule has 0 aliphatic carbocycles. The second kappa shape index (κ2) is 8.82. The van der Waals surface area contributed by atoms with Crippen molar-refractivity contribution in [2.75, 3.05) is 0 Å². The van der Waals surface area contributed by atoms with Gasteiger partial charge in [-0.05, 0) is 37.6 Å². The van der Waals surface area contributed by atoms with Gasteiger partial charge in [0, 0.05) is 6.54 Å². The van der Waals surface area contributed by atoms with Gasteiger partial charge in [0.2, 0.25) is 0 Å². The van der Waals surface area contributed by atoms with Gasteiger partial charge in [0.05, 0.1) is 27.2 Å². The molecule has 0 saturated heterocycles. The quantitative estimate of drug-likeness (QED) is 0.301. The summed E-state index contributed by atoms with van der Waals surface area (Å²) >= 11 is 1.65. The number of rotatable bonds is 8. The van der Waals surface area contributed by atoms with Crippen LogP contribution in [0.25, 0.3) is 21.9 Å². The molecule has 150 valence electrons. The summed E-state index contributed by atoms with van der Waals surface area (Å²) in [6.07, 6.45) is 4.85. The minimum absolute atomic E-state index is 0.0153. The number of thioether (sulfide) groups is 1. The number of unbranched alkanes of at least 4 members (excludes halogenated alkanes) is 3. The summed E-state index contributed by atoms with van der Waals surface area (Å²) in [5.74, 6) is 0.684. The van der Waals surface area contributed by atoms with Gasteiger partial charge in [-0.1, -0.05) is 62.2 Å². The normalized spacial score (nSPS) is 12.6. The smallest absolute Gasteiger partial charge is 0.258 e. The van der Waals surface area contributed by atoms with Crippen LogP contribution in [0.15, 0.2) is 58.5 Å². The van der Waals surface area contributed by atoms with Crippen molar-refractivity contribution in [2.45, 2.75) is 56.5 Å². The number of imidazole rings is 1. The van der Waals surface area contributed by atoms with E-state index in [1.807, 2.05) is 24.3 Å². The highest BCUT2D eigenvalue weighted by atomic mass is 32.2. The number of aryl methyl sites for hydroxylation is 1. The average molecular weight is 407 g/mol. The van der Waals surface area contributed by atoms with Crippen LogP contribution in [-0.4, -0.2) is 19.5 Å². The fourth-order valence-corrected chi connectivity index (χ4v) is 4.57. The van der Waals surface area contributed by atoms with Crippen LogP contribution in [0, 0.1) is 0 Å². The first-order chi connectivity index (χ1) is 14.2.